The fourth-order valence-corrected chi connectivity index (χ4v) is 3.18. The Hall–Kier alpha value is -1.51. The van der Waals surface area contributed by atoms with Crippen LogP contribution in [0.3, 0.4) is 0 Å². The predicted molar refractivity (Wildman–Crippen MR) is 90.2 cm³/mol. The Kier molecular flexibility index (Phi) is 4.79. The lowest BCUT2D eigenvalue weighted by molar-refractivity contribution is 0.348. The van der Waals surface area contributed by atoms with Crippen LogP contribution in [0.5, 0.6) is 0 Å². The third-order valence-corrected chi connectivity index (χ3v) is 4.36. The van der Waals surface area contributed by atoms with Gasteiger partial charge in [0.15, 0.2) is 0 Å². The molecule has 21 heavy (non-hydrogen) atoms. The van der Waals surface area contributed by atoms with Crippen LogP contribution in [0.15, 0.2) is 54.6 Å². The smallest absolute Gasteiger partial charge is 0.0426 e. The van der Waals surface area contributed by atoms with Crippen molar-refractivity contribution >= 4 is 17.3 Å². The zero-order valence-corrected chi connectivity index (χ0v) is 12.9. The van der Waals surface area contributed by atoms with Gasteiger partial charge in [0.05, 0.1) is 0 Å². The van der Waals surface area contributed by atoms with Gasteiger partial charge in [-0.15, -0.1) is 0 Å². The molecule has 0 radical (unpaired) electrons. The summed E-state index contributed by atoms with van der Waals surface area (Å²) in [5, 5.41) is 4.22. The first-order valence-electron chi connectivity index (χ1n) is 7.58. The highest BCUT2D eigenvalue weighted by Gasteiger charge is 2.22. The van der Waals surface area contributed by atoms with E-state index in [0.717, 1.165) is 23.8 Å². The fraction of sp³-hybridized carbons (Fsp3) is 0.333. The second kappa shape index (κ2) is 6.97. The van der Waals surface area contributed by atoms with Crippen LogP contribution in [-0.2, 0) is 0 Å². The van der Waals surface area contributed by atoms with Crippen molar-refractivity contribution in [3.63, 3.8) is 0 Å². The van der Waals surface area contributed by atoms with Gasteiger partial charge in [-0.2, -0.15) is 0 Å². The maximum Gasteiger partial charge on any atom is 0.0426 e. The SMILES string of the molecule is Clc1cccc(NCCN2CCC(c3ccccc3)C2)c1. The fourth-order valence-electron chi connectivity index (χ4n) is 2.99. The summed E-state index contributed by atoms with van der Waals surface area (Å²) in [6, 6.07) is 18.8. The lowest BCUT2D eigenvalue weighted by atomic mass is 9.99. The Morgan fingerprint density at radius 2 is 1.95 bits per heavy atom. The van der Waals surface area contributed by atoms with Gasteiger partial charge < -0.3 is 10.2 Å². The molecule has 110 valence electrons. The zero-order chi connectivity index (χ0) is 14.5. The molecule has 3 heteroatoms. The first-order chi connectivity index (χ1) is 10.3. The minimum absolute atomic E-state index is 0.692. The number of benzene rings is 2. The van der Waals surface area contributed by atoms with Gasteiger partial charge in [-0.25, -0.2) is 0 Å². The van der Waals surface area contributed by atoms with Crippen molar-refractivity contribution < 1.29 is 0 Å². The topological polar surface area (TPSA) is 15.3 Å². The van der Waals surface area contributed by atoms with Crippen molar-refractivity contribution in [3.05, 3.63) is 65.2 Å². The van der Waals surface area contributed by atoms with Gasteiger partial charge in [-0.05, 0) is 42.6 Å². The first kappa shape index (κ1) is 14.4. The van der Waals surface area contributed by atoms with E-state index in [1.54, 1.807) is 0 Å². The third-order valence-electron chi connectivity index (χ3n) is 4.13. The minimum Gasteiger partial charge on any atom is -0.384 e. The van der Waals surface area contributed by atoms with Crippen LogP contribution in [-0.4, -0.2) is 31.1 Å². The van der Waals surface area contributed by atoms with Gasteiger partial charge in [0.25, 0.3) is 0 Å². The second-order valence-corrected chi connectivity index (χ2v) is 6.07. The molecule has 1 saturated heterocycles. The molecule has 1 atom stereocenters. The number of hydrogen-bond acceptors (Lipinski definition) is 2. The number of nitrogens with zero attached hydrogens (tertiary/aromatic N) is 1. The summed E-state index contributed by atoms with van der Waals surface area (Å²) in [5.41, 5.74) is 2.57. The highest BCUT2D eigenvalue weighted by atomic mass is 35.5. The van der Waals surface area contributed by atoms with Gasteiger partial charge in [0, 0.05) is 30.3 Å². The van der Waals surface area contributed by atoms with Crippen molar-refractivity contribution in [2.75, 3.05) is 31.5 Å². The molecular formula is C18H21ClN2. The van der Waals surface area contributed by atoms with Crippen LogP contribution in [0, 0.1) is 0 Å². The van der Waals surface area contributed by atoms with Crippen LogP contribution >= 0.6 is 11.6 Å². The monoisotopic (exact) mass is 300 g/mol. The molecule has 2 nitrogen and oxygen atoms in total. The molecule has 1 N–H and O–H groups in total. The molecule has 2 aromatic rings. The molecule has 0 amide bonds. The summed E-state index contributed by atoms with van der Waals surface area (Å²) in [6.07, 6.45) is 1.27. The Bertz CT molecular complexity index is 570. The van der Waals surface area contributed by atoms with E-state index in [1.807, 2.05) is 18.2 Å². The molecule has 1 fully saturated rings. The summed E-state index contributed by atoms with van der Waals surface area (Å²) < 4.78 is 0. The minimum atomic E-state index is 0.692. The van der Waals surface area contributed by atoms with Crippen LogP contribution in [0.2, 0.25) is 5.02 Å². The van der Waals surface area contributed by atoms with Gasteiger partial charge in [-0.3, -0.25) is 0 Å². The van der Waals surface area contributed by atoms with Gasteiger partial charge >= 0.3 is 0 Å². The molecule has 1 aliphatic rings. The van der Waals surface area contributed by atoms with E-state index >= 15 is 0 Å². The van der Waals surface area contributed by atoms with E-state index in [4.69, 9.17) is 11.6 Å². The van der Waals surface area contributed by atoms with Crippen molar-refractivity contribution in [2.45, 2.75) is 12.3 Å². The molecule has 1 unspecified atom stereocenters. The Labute approximate surface area is 131 Å². The molecule has 1 heterocycles. The summed E-state index contributed by atoms with van der Waals surface area (Å²) in [5.74, 6) is 0.692. The average Bonchev–Trinajstić information content (AvgIpc) is 2.97. The highest BCUT2D eigenvalue weighted by molar-refractivity contribution is 6.30. The maximum absolute atomic E-state index is 5.99. The lowest BCUT2D eigenvalue weighted by Gasteiger charge is -2.17. The van der Waals surface area contributed by atoms with Crippen molar-refractivity contribution in [1.82, 2.24) is 4.90 Å². The number of halogens is 1. The maximum atomic E-state index is 5.99. The summed E-state index contributed by atoms with van der Waals surface area (Å²) in [4.78, 5) is 2.54. The van der Waals surface area contributed by atoms with E-state index in [2.05, 4.69) is 46.6 Å². The third kappa shape index (κ3) is 3.99. The summed E-state index contributed by atoms with van der Waals surface area (Å²) in [7, 11) is 0. The van der Waals surface area contributed by atoms with E-state index < -0.39 is 0 Å². The van der Waals surface area contributed by atoms with Gasteiger partial charge in [0.2, 0.25) is 0 Å². The predicted octanol–water partition coefficient (Wildman–Crippen LogP) is 4.24. The van der Waals surface area contributed by atoms with E-state index in [0.29, 0.717) is 5.92 Å². The van der Waals surface area contributed by atoms with Crippen molar-refractivity contribution in [2.24, 2.45) is 0 Å². The quantitative estimate of drug-likeness (QED) is 0.888. The Morgan fingerprint density at radius 3 is 2.76 bits per heavy atom. The van der Waals surface area contributed by atoms with E-state index in [-0.39, 0.29) is 0 Å². The number of hydrogen-bond donors (Lipinski definition) is 1. The van der Waals surface area contributed by atoms with Crippen LogP contribution in [0.1, 0.15) is 17.9 Å². The highest BCUT2D eigenvalue weighted by Crippen LogP contribution is 2.26. The standard InChI is InChI=1S/C18H21ClN2/c19-17-7-4-8-18(13-17)20-10-12-21-11-9-16(14-21)15-5-2-1-3-6-15/h1-8,13,16,20H,9-12,14H2. The Balaban J connectivity index is 1.45. The number of rotatable bonds is 5. The van der Waals surface area contributed by atoms with E-state index in [9.17, 15) is 0 Å². The Morgan fingerprint density at radius 1 is 1.10 bits per heavy atom. The van der Waals surface area contributed by atoms with Gasteiger partial charge in [0.1, 0.15) is 0 Å². The molecule has 0 aliphatic carbocycles. The number of anilines is 1. The molecular weight excluding hydrogens is 280 g/mol. The largest absolute Gasteiger partial charge is 0.384 e. The van der Waals surface area contributed by atoms with Gasteiger partial charge in [-0.1, -0.05) is 48.0 Å². The molecule has 3 rings (SSSR count). The first-order valence-corrected chi connectivity index (χ1v) is 7.96. The lowest BCUT2D eigenvalue weighted by Crippen LogP contribution is -2.26. The molecule has 0 bridgehead atoms. The van der Waals surface area contributed by atoms with Crippen LogP contribution < -0.4 is 5.32 Å². The zero-order valence-electron chi connectivity index (χ0n) is 12.1. The molecule has 0 saturated carbocycles. The number of likely N-dealkylation sites (tertiary alicyclic amines) is 1. The summed E-state index contributed by atoms with van der Waals surface area (Å²) in [6.45, 7) is 4.40. The van der Waals surface area contributed by atoms with Crippen LogP contribution in [0.25, 0.3) is 0 Å². The molecule has 0 spiro atoms. The van der Waals surface area contributed by atoms with E-state index in [1.165, 1.54) is 25.1 Å². The van der Waals surface area contributed by atoms with Crippen molar-refractivity contribution in [1.29, 1.82) is 0 Å². The van der Waals surface area contributed by atoms with Crippen molar-refractivity contribution in [3.8, 4) is 0 Å². The molecule has 2 aromatic carbocycles. The number of nitrogens with one attached hydrogen (secondary N) is 1. The second-order valence-electron chi connectivity index (χ2n) is 5.63. The van der Waals surface area contributed by atoms with Crippen LogP contribution in [0.4, 0.5) is 5.69 Å². The molecule has 0 aromatic heterocycles. The molecule has 1 aliphatic heterocycles. The summed E-state index contributed by atoms with van der Waals surface area (Å²) >= 11 is 5.99. The average molecular weight is 301 g/mol. The normalized spacial score (nSPS) is 18.8.